The SMILES string of the molecule is CCOC(=O)c1sc(SC)c(C(=O)OCC)c1C1CC1. The maximum absolute atomic E-state index is 12.2. The largest absolute Gasteiger partial charge is 0.462 e. The molecule has 1 aromatic heterocycles. The highest BCUT2D eigenvalue weighted by Crippen LogP contribution is 2.49. The Kier molecular flexibility index (Phi) is 5.10. The molecule has 6 heteroatoms. The molecule has 0 amide bonds. The molecule has 1 fully saturated rings. The van der Waals surface area contributed by atoms with Crippen LogP contribution in [0.3, 0.4) is 0 Å². The first-order valence-electron chi connectivity index (χ1n) is 6.68. The summed E-state index contributed by atoms with van der Waals surface area (Å²) < 4.78 is 11.1. The van der Waals surface area contributed by atoms with Crippen molar-refractivity contribution in [2.45, 2.75) is 36.8 Å². The molecule has 0 atom stereocenters. The Morgan fingerprint density at radius 3 is 2.30 bits per heavy atom. The van der Waals surface area contributed by atoms with E-state index in [1.54, 1.807) is 13.8 Å². The average Bonchev–Trinajstić information content (AvgIpc) is 3.18. The molecule has 0 radical (unpaired) electrons. The Morgan fingerprint density at radius 1 is 1.20 bits per heavy atom. The summed E-state index contributed by atoms with van der Waals surface area (Å²) in [6.45, 7) is 4.24. The van der Waals surface area contributed by atoms with Crippen LogP contribution in [0.5, 0.6) is 0 Å². The fourth-order valence-corrected chi connectivity index (χ4v) is 4.05. The summed E-state index contributed by atoms with van der Waals surface area (Å²) in [4.78, 5) is 24.8. The molecule has 1 saturated carbocycles. The van der Waals surface area contributed by atoms with Crippen molar-refractivity contribution in [3.8, 4) is 0 Å². The summed E-state index contributed by atoms with van der Waals surface area (Å²) in [5.41, 5.74) is 1.42. The van der Waals surface area contributed by atoms with E-state index in [1.165, 1.54) is 23.1 Å². The van der Waals surface area contributed by atoms with E-state index in [4.69, 9.17) is 9.47 Å². The van der Waals surface area contributed by atoms with Gasteiger partial charge < -0.3 is 9.47 Å². The van der Waals surface area contributed by atoms with Gasteiger partial charge in [-0.15, -0.1) is 23.1 Å². The number of thiophene rings is 1. The number of ether oxygens (including phenoxy) is 2. The molecule has 4 nitrogen and oxygen atoms in total. The third-order valence-corrected chi connectivity index (χ3v) is 5.33. The summed E-state index contributed by atoms with van der Waals surface area (Å²) in [7, 11) is 0. The van der Waals surface area contributed by atoms with Crippen LogP contribution in [0, 0.1) is 0 Å². The zero-order valence-electron chi connectivity index (χ0n) is 11.9. The van der Waals surface area contributed by atoms with Gasteiger partial charge in [-0.3, -0.25) is 0 Å². The second kappa shape index (κ2) is 6.63. The minimum atomic E-state index is -0.328. The zero-order chi connectivity index (χ0) is 14.7. The van der Waals surface area contributed by atoms with Crippen molar-refractivity contribution in [3.05, 3.63) is 16.0 Å². The summed E-state index contributed by atoms with van der Waals surface area (Å²) in [6, 6.07) is 0. The molecular formula is C14H18O4S2. The van der Waals surface area contributed by atoms with Crippen LogP contribution in [0.1, 0.15) is 58.2 Å². The van der Waals surface area contributed by atoms with E-state index >= 15 is 0 Å². The Bertz CT molecular complexity index is 517. The third kappa shape index (κ3) is 3.01. The standard InChI is InChI=1S/C14H18O4S2/c1-4-17-12(15)10-9(8-6-7-8)11(13(16)18-5-2)20-14(10)19-3/h8H,4-7H2,1-3H3. The lowest BCUT2D eigenvalue weighted by atomic mass is 10.1. The topological polar surface area (TPSA) is 52.6 Å². The second-order valence-electron chi connectivity index (χ2n) is 4.43. The van der Waals surface area contributed by atoms with E-state index in [2.05, 4.69) is 0 Å². The van der Waals surface area contributed by atoms with Crippen molar-refractivity contribution in [3.63, 3.8) is 0 Å². The van der Waals surface area contributed by atoms with Crippen molar-refractivity contribution in [2.75, 3.05) is 19.5 Å². The van der Waals surface area contributed by atoms with E-state index in [0.717, 1.165) is 22.6 Å². The van der Waals surface area contributed by atoms with Gasteiger partial charge >= 0.3 is 11.9 Å². The van der Waals surface area contributed by atoms with Gasteiger partial charge in [-0.05, 0) is 44.4 Å². The first kappa shape index (κ1) is 15.4. The van der Waals surface area contributed by atoms with E-state index in [1.807, 2.05) is 6.26 Å². The lowest BCUT2D eigenvalue weighted by molar-refractivity contribution is 0.0522. The molecule has 0 saturated heterocycles. The monoisotopic (exact) mass is 314 g/mol. The fraction of sp³-hybridized carbons (Fsp3) is 0.571. The van der Waals surface area contributed by atoms with Gasteiger partial charge in [-0.25, -0.2) is 9.59 Å². The molecule has 2 rings (SSSR count). The highest BCUT2D eigenvalue weighted by atomic mass is 32.2. The maximum Gasteiger partial charge on any atom is 0.348 e. The van der Waals surface area contributed by atoms with Crippen LogP contribution in [-0.2, 0) is 9.47 Å². The smallest absolute Gasteiger partial charge is 0.348 e. The maximum atomic E-state index is 12.2. The van der Waals surface area contributed by atoms with Gasteiger partial charge in [-0.2, -0.15) is 0 Å². The van der Waals surface area contributed by atoms with Crippen LogP contribution >= 0.6 is 23.1 Å². The molecule has 1 heterocycles. The van der Waals surface area contributed by atoms with Crippen molar-refractivity contribution in [1.82, 2.24) is 0 Å². The normalized spacial score (nSPS) is 14.2. The lowest BCUT2D eigenvalue weighted by Crippen LogP contribution is -2.10. The van der Waals surface area contributed by atoms with Crippen LogP contribution < -0.4 is 0 Å². The number of carbonyl (C=O) groups is 2. The quantitative estimate of drug-likeness (QED) is 0.592. The predicted octanol–water partition coefficient (Wildman–Crippen LogP) is 3.70. The number of esters is 2. The average molecular weight is 314 g/mol. The summed E-state index contributed by atoms with van der Waals surface area (Å²) in [6.07, 6.45) is 3.94. The molecule has 0 aromatic carbocycles. The highest BCUT2D eigenvalue weighted by Gasteiger charge is 2.37. The van der Waals surface area contributed by atoms with Gasteiger partial charge in [0.2, 0.25) is 0 Å². The molecule has 20 heavy (non-hydrogen) atoms. The van der Waals surface area contributed by atoms with E-state index in [0.29, 0.717) is 29.6 Å². The molecule has 110 valence electrons. The Morgan fingerprint density at radius 2 is 1.80 bits per heavy atom. The minimum absolute atomic E-state index is 0.297. The summed E-state index contributed by atoms with van der Waals surface area (Å²) >= 11 is 2.82. The van der Waals surface area contributed by atoms with Gasteiger partial charge in [0.1, 0.15) is 4.88 Å². The number of hydrogen-bond acceptors (Lipinski definition) is 6. The van der Waals surface area contributed by atoms with E-state index < -0.39 is 0 Å². The first-order chi connectivity index (χ1) is 9.63. The van der Waals surface area contributed by atoms with Crippen molar-refractivity contribution in [1.29, 1.82) is 0 Å². The molecule has 0 aliphatic heterocycles. The van der Waals surface area contributed by atoms with Gasteiger partial charge in [0.15, 0.2) is 0 Å². The molecule has 0 unspecified atom stereocenters. The van der Waals surface area contributed by atoms with Gasteiger partial charge in [0.25, 0.3) is 0 Å². The number of thioether (sulfide) groups is 1. The first-order valence-corrected chi connectivity index (χ1v) is 8.73. The molecular weight excluding hydrogens is 296 g/mol. The Labute approximate surface area is 126 Å². The number of hydrogen-bond donors (Lipinski definition) is 0. The minimum Gasteiger partial charge on any atom is -0.462 e. The van der Waals surface area contributed by atoms with Crippen molar-refractivity contribution in [2.24, 2.45) is 0 Å². The molecule has 0 N–H and O–H groups in total. The molecule has 1 aliphatic carbocycles. The highest BCUT2D eigenvalue weighted by molar-refractivity contribution is 8.00. The predicted molar refractivity (Wildman–Crippen MR) is 80.0 cm³/mol. The van der Waals surface area contributed by atoms with Gasteiger partial charge in [-0.1, -0.05) is 0 Å². The molecule has 1 aliphatic rings. The third-order valence-electron chi connectivity index (χ3n) is 3.02. The fourth-order valence-electron chi connectivity index (χ4n) is 2.07. The van der Waals surface area contributed by atoms with Gasteiger partial charge in [0.05, 0.1) is 23.0 Å². The number of rotatable bonds is 6. The van der Waals surface area contributed by atoms with Crippen LogP contribution in [0.2, 0.25) is 0 Å². The van der Waals surface area contributed by atoms with Gasteiger partial charge in [0, 0.05) is 0 Å². The lowest BCUT2D eigenvalue weighted by Gasteiger charge is -2.06. The molecule has 0 bridgehead atoms. The second-order valence-corrected chi connectivity index (χ2v) is 6.52. The van der Waals surface area contributed by atoms with E-state index in [-0.39, 0.29) is 11.9 Å². The zero-order valence-corrected chi connectivity index (χ0v) is 13.5. The van der Waals surface area contributed by atoms with E-state index in [9.17, 15) is 9.59 Å². The Hall–Kier alpha value is -1.01. The van der Waals surface area contributed by atoms with Crippen LogP contribution in [0.15, 0.2) is 4.21 Å². The van der Waals surface area contributed by atoms with Crippen molar-refractivity contribution < 1.29 is 19.1 Å². The molecule has 0 spiro atoms. The number of carbonyl (C=O) groups excluding carboxylic acids is 2. The van der Waals surface area contributed by atoms with Crippen LogP contribution in [0.25, 0.3) is 0 Å². The van der Waals surface area contributed by atoms with Crippen LogP contribution in [-0.4, -0.2) is 31.4 Å². The van der Waals surface area contributed by atoms with Crippen LogP contribution in [0.4, 0.5) is 0 Å². The summed E-state index contributed by atoms with van der Waals surface area (Å²) in [5, 5.41) is 0. The van der Waals surface area contributed by atoms with Crippen molar-refractivity contribution >= 4 is 35.0 Å². The molecule has 1 aromatic rings. The summed E-state index contributed by atoms with van der Waals surface area (Å²) in [5.74, 6) is -0.359. The Balaban J connectivity index is 2.47.